The van der Waals surface area contributed by atoms with Crippen molar-refractivity contribution in [3.63, 3.8) is 0 Å². The minimum atomic E-state index is -0.349. The summed E-state index contributed by atoms with van der Waals surface area (Å²) in [5.41, 5.74) is 0.522. The first-order chi connectivity index (χ1) is 18.0. The highest BCUT2D eigenvalue weighted by molar-refractivity contribution is 9.11. The van der Waals surface area contributed by atoms with Crippen LogP contribution < -0.4 is 0 Å². The predicted octanol–water partition coefficient (Wildman–Crippen LogP) is 3.89. The Morgan fingerprint density at radius 2 is 1.68 bits per heavy atom. The average Bonchev–Trinajstić information content (AvgIpc) is 3.14. The lowest BCUT2D eigenvalue weighted by atomic mass is 9.84. The van der Waals surface area contributed by atoms with Gasteiger partial charge in [-0.15, -0.1) is 0 Å². The summed E-state index contributed by atoms with van der Waals surface area (Å²) in [6.07, 6.45) is 3.45. The second kappa shape index (κ2) is 10.9. The molecule has 0 spiro atoms. The molecule has 0 saturated carbocycles. The Morgan fingerprint density at radius 3 is 2.43 bits per heavy atom. The van der Waals surface area contributed by atoms with Crippen molar-refractivity contribution in [2.45, 2.75) is 112 Å². The first-order valence-electron chi connectivity index (χ1n) is 13.3. The molecule has 5 saturated heterocycles. The Balaban J connectivity index is 1.14. The van der Waals surface area contributed by atoms with Crippen LogP contribution in [0.3, 0.4) is 0 Å². The standard InChI is InChI=1S/C28H33BrO8/c1-15(29)13-18(33-28(31)16-5-3-2-4-6-16)8-9-19-21-14-22-24(34-19)26-27(37-22)25(36-21)23-20(35-26)10-7-17(32-23)11-12-30/h2-6,12,17-27H,1,7-11,13-14H2/t17?,18-,19?,20?,21?,22?,23-,24?,25?,26-,27?/m0/s1. The van der Waals surface area contributed by atoms with Crippen molar-refractivity contribution in [2.75, 3.05) is 0 Å². The molecule has 5 aliphatic heterocycles. The van der Waals surface area contributed by atoms with E-state index in [0.29, 0.717) is 31.2 Å². The number of ether oxygens (including phenoxy) is 6. The molecule has 37 heavy (non-hydrogen) atoms. The van der Waals surface area contributed by atoms with Crippen LogP contribution in [0.25, 0.3) is 0 Å². The summed E-state index contributed by atoms with van der Waals surface area (Å²) < 4.78 is 39.1. The van der Waals surface area contributed by atoms with Crippen LogP contribution in [0.5, 0.6) is 0 Å². The fourth-order valence-electron chi connectivity index (χ4n) is 6.54. The first-order valence-corrected chi connectivity index (χ1v) is 14.1. The van der Waals surface area contributed by atoms with Crippen molar-refractivity contribution in [2.24, 2.45) is 0 Å². The summed E-state index contributed by atoms with van der Waals surface area (Å²) >= 11 is 3.43. The molecule has 3 bridgehead atoms. The van der Waals surface area contributed by atoms with E-state index >= 15 is 0 Å². The smallest absolute Gasteiger partial charge is 0.338 e. The highest BCUT2D eigenvalue weighted by Crippen LogP contribution is 2.48. The van der Waals surface area contributed by atoms with E-state index in [9.17, 15) is 9.59 Å². The normalized spacial score (nSPS) is 40.4. The molecule has 200 valence electrons. The summed E-state index contributed by atoms with van der Waals surface area (Å²) in [4.78, 5) is 23.8. The molecule has 5 heterocycles. The number of hydrogen-bond donors (Lipinski definition) is 0. The van der Waals surface area contributed by atoms with Crippen molar-refractivity contribution >= 4 is 28.2 Å². The minimum absolute atomic E-state index is 0.0683. The number of benzene rings is 1. The molecule has 9 heteroatoms. The summed E-state index contributed by atoms with van der Waals surface area (Å²) in [5.74, 6) is -0.349. The van der Waals surface area contributed by atoms with E-state index in [2.05, 4.69) is 22.5 Å². The molecule has 5 fully saturated rings. The molecule has 1 aromatic carbocycles. The zero-order chi connectivity index (χ0) is 25.5. The topological polar surface area (TPSA) is 89.5 Å². The van der Waals surface area contributed by atoms with Gasteiger partial charge in [0.15, 0.2) is 0 Å². The Labute approximate surface area is 225 Å². The van der Waals surface area contributed by atoms with Crippen LogP contribution in [-0.4, -0.2) is 79.4 Å². The number of fused-ring (bicyclic) bond motifs is 4. The maximum absolute atomic E-state index is 12.7. The molecular formula is C28H33BrO8. The van der Waals surface area contributed by atoms with Gasteiger partial charge >= 0.3 is 5.97 Å². The zero-order valence-corrected chi connectivity index (χ0v) is 22.2. The van der Waals surface area contributed by atoms with Crippen LogP contribution in [-0.2, 0) is 33.2 Å². The molecule has 11 atom stereocenters. The minimum Gasteiger partial charge on any atom is -0.458 e. The van der Waals surface area contributed by atoms with Crippen LogP contribution in [0.4, 0.5) is 0 Å². The third-order valence-corrected chi connectivity index (χ3v) is 8.55. The number of esters is 1. The van der Waals surface area contributed by atoms with E-state index in [1.807, 2.05) is 18.2 Å². The Bertz CT molecular complexity index is 1000. The third-order valence-electron chi connectivity index (χ3n) is 8.22. The summed E-state index contributed by atoms with van der Waals surface area (Å²) in [6.45, 7) is 3.95. The van der Waals surface area contributed by atoms with Crippen LogP contribution in [0, 0.1) is 0 Å². The van der Waals surface area contributed by atoms with Gasteiger partial charge in [0.1, 0.15) is 42.9 Å². The van der Waals surface area contributed by atoms with E-state index in [0.717, 1.165) is 30.0 Å². The van der Waals surface area contributed by atoms with Crippen LogP contribution in [0.15, 0.2) is 41.4 Å². The average molecular weight is 577 g/mol. The number of aldehydes is 1. The third kappa shape index (κ3) is 5.18. The second-order valence-corrected chi connectivity index (χ2v) is 11.8. The lowest BCUT2D eigenvalue weighted by molar-refractivity contribution is -0.300. The van der Waals surface area contributed by atoms with Gasteiger partial charge in [-0.3, -0.25) is 0 Å². The van der Waals surface area contributed by atoms with E-state index in [1.54, 1.807) is 12.1 Å². The highest BCUT2D eigenvalue weighted by atomic mass is 79.9. The molecule has 1 aromatic rings. The molecule has 0 aliphatic carbocycles. The molecule has 8 nitrogen and oxygen atoms in total. The molecule has 6 rings (SSSR count). The summed E-state index contributed by atoms with van der Waals surface area (Å²) in [6, 6.07) is 9.00. The number of hydrogen-bond acceptors (Lipinski definition) is 8. The zero-order valence-electron chi connectivity index (χ0n) is 20.6. The second-order valence-electron chi connectivity index (χ2n) is 10.7. The van der Waals surface area contributed by atoms with Gasteiger partial charge in [0, 0.05) is 19.3 Å². The monoisotopic (exact) mass is 576 g/mol. The van der Waals surface area contributed by atoms with Gasteiger partial charge in [0.2, 0.25) is 0 Å². The van der Waals surface area contributed by atoms with E-state index in [1.165, 1.54) is 0 Å². The van der Waals surface area contributed by atoms with Crippen molar-refractivity contribution in [3.05, 3.63) is 47.0 Å². The lowest BCUT2D eigenvalue weighted by Gasteiger charge is -2.51. The molecule has 5 aliphatic rings. The van der Waals surface area contributed by atoms with Gasteiger partial charge in [-0.05, 0) is 42.3 Å². The van der Waals surface area contributed by atoms with Crippen molar-refractivity contribution < 1.29 is 38.0 Å². The summed E-state index contributed by atoms with van der Waals surface area (Å²) in [7, 11) is 0. The highest BCUT2D eigenvalue weighted by Gasteiger charge is 2.63. The van der Waals surface area contributed by atoms with Crippen LogP contribution in [0.1, 0.15) is 55.3 Å². The molecular weight excluding hydrogens is 544 g/mol. The van der Waals surface area contributed by atoms with E-state index in [-0.39, 0.29) is 73.1 Å². The van der Waals surface area contributed by atoms with Gasteiger partial charge in [0.25, 0.3) is 0 Å². The van der Waals surface area contributed by atoms with Gasteiger partial charge in [-0.2, -0.15) is 0 Å². The predicted molar refractivity (Wildman–Crippen MR) is 135 cm³/mol. The van der Waals surface area contributed by atoms with Gasteiger partial charge in [-0.25, -0.2) is 4.79 Å². The fourth-order valence-corrected chi connectivity index (χ4v) is 6.90. The fraction of sp³-hybridized carbons (Fsp3) is 0.643. The first kappa shape index (κ1) is 25.6. The van der Waals surface area contributed by atoms with Crippen molar-refractivity contribution in [3.8, 4) is 0 Å². The largest absolute Gasteiger partial charge is 0.458 e. The summed E-state index contributed by atoms with van der Waals surface area (Å²) in [5, 5.41) is 0. The molecule has 0 N–H and O–H groups in total. The molecule has 8 unspecified atom stereocenters. The molecule has 0 aromatic heterocycles. The van der Waals surface area contributed by atoms with Crippen LogP contribution >= 0.6 is 15.9 Å². The number of rotatable bonds is 9. The molecule has 0 radical (unpaired) electrons. The lowest BCUT2D eigenvalue weighted by Crippen LogP contribution is -2.66. The van der Waals surface area contributed by atoms with Crippen LogP contribution in [0.2, 0.25) is 0 Å². The van der Waals surface area contributed by atoms with Crippen molar-refractivity contribution in [1.82, 2.24) is 0 Å². The van der Waals surface area contributed by atoms with Gasteiger partial charge in [0.05, 0.1) is 36.1 Å². The Kier molecular flexibility index (Phi) is 7.53. The Hall–Kier alpha value is -1.62. The van der Waals surface area contributed by atoms with Crippen molar-refractivity contribution in [1.29, 1.82) is 0 Å². The number of carbonyl (C=O) groups is 2. The quantitative estimate of drug-likeness (QED) is 0.323. The Morgan fingerprint density at radius 1 is 0.973 bits per heavy atom. The van der Waals surface area contributed by atoms with Gasteiger partial charge < -0.3 is 33.2 Å². The van der Waals surface area contributed by atoms with E-state index in [4.69, 9.17) is 28.4 Å². The number of carbonyl (C=O) groups excluding carboxylic acids is 2. The van der Waals surface area contributed by atoms with E-state index < -0.39 is 0 Å². The van der Waals surface area contributed by atoms with Gasteiger partial charge in [-0.1, -0.05) is 40.7 Å². The maximum atomic E-state index is 12.7. The molecule has 0 amide bonds. The maximum Gasteiger partial charge on any atom is 0.338 e. The number of halogens is 1. The SMILES string of the molecule is C=C(Br)C[C@H](CCC1OC2C3CC1OC1C(O3)[C@H]2OC2CCC(CC=O)O[C@@H]21)OC(=O)c1ccccc1.